The maximum atomic E-state index is 13.7. The third kappa shape index (κ3) is 8.25. The molecule has 0 unspecified atom stereocenters. The number of nitrogens with two attached hydrogens (primary N) is 1. The first-order chi connectivity index (χ1) is 20.1. The molecule has 3 aromatic heterocycles. The van der Waals surface area contributed by atoms with Crippen LogP contribution in [0, 0.1) is 27.7 Å². The number of halogens is 3. The molecule has 0 bridgehead atoms. The molecule has 242 valence electrons. The summed E-state index contributed by atoms with van der Waals surface area (Å²) in [6.45, 7) is 8.54. The van der Waals surface area contributed by atoms with Crippen LogP contribution in [-0.2, 0) is 17.8 Å². The highest BCUT2D eigenvalue weighted by atomic mass is 35.5. The Morgan fingerprint density at radius 3 is 2.49 bits per heavy atom. The molecule has 4 N–H and O–H groups in total. The number of amides is 1. The number of hydrogen-bond acceptors (Lipinski definition) is 8. The Morgan fingerprint density at radius 1 is 1.04 bits per heavy atom. The highest BCUT2D eigenvalue weighted by molar-refractivity contribution is 5.86. The van der Waals surface area contributed by atoms with Crippen LogP contribution in [0.2, 0.25) is 0 Å². The first-order valence-electron chi connectivity index (χ1n) is 14.1. The quantitative estimate of drug-likeness (QED) is 0.221. The van der Waals surface area contributed by atoms with Crippen molar-refractivity contribution in [2.75, 3.05) is 24.7 Å². The zero-order chi connectivity index (χ0) is 30.0. The van der Waals surface area contributed by atoms with E-state index in [1.807, 2.05) is 58.0 Å². The lowest BCUT2D eigenvalue weighted by Gasteiger charge is -2.22. The van der Waals surface area contributed by atoms with Crippen LogP contribution in [0.15, 0.2) is 53.5 Å². The maximum Gasteiger partial charge on any atom is 0.294 e. The third-order valence-corrected chi connectivity index (χ3v) is 7.74. The minimum absolute atomic E-state index is 0. The highest BCUT2D eigenvalue weighted by Gasteiger charge is 2.31. The van der Waals surface area contributed by atoms with Crippen LogP contribution in [0.3, 0.4) is 0 Å². The molecule has 2 atom stereocenters. The molecule has 4 aromatic rings. The van der Waals surface area contributed by atoms with Gasteiger partial charge in [-0.1, -0.05) is 18.2 Å². The number of nitrogens with zero attached hydrogens (tertiary/aromatic N) is 4. The summed E-state index contributed by atoms with van der Waals surface area (Å²) in [4.78, 5) is 40.5. The Bertz CT molecular complexity index is 1690. The summed E-state index contributed by atoms with van der Waals surface area (Å²) < 4.78 is 7.31. The van der Waals surface area contributed by atoms with Gasteiger partial charge in [0, 0.05) is 47.8 Å². The van der Waals surface area contributed by atoms with Crippen molar-refractivity contribution >= 4 is 54.8 Å². The van der Waals surface area contributed by atoms with E-state index < -0.39 is 6.04 Å². The van der Waals surface area contributed by atoms with Gasteiger partial charge in [-0.2, -0.15) is 0 Å². The van der Waals surface area contributed by atoms with Crippen molar-refractivity contribution in [2.24, 2.45) is 0 Å². The van der Waals surface area contributed by atoms with Crippen molar-refractivity contribution in [3.63, 3.8) is 0 Å². The molecule has 0 saturated heterocycles. The summed E-state index contributed by atoms with van der Waals surface area (Å²) in [7, 11) is 1.66. The molecule has 0 spiro atoms. The second kappa shape index (κ2) is 15.9. The normalized spacial score (nSPS) is 13.8. The minimum atomic E-state index is -0.618. The monoisotopic (exact) mass is 675 g/mol. The number of aromatic nitrogens is 4. The van der Waals surface area contributed by atoms with Crippen LogP contribution in [-0.4, -0.2) is 39.1 Å². The average Bonchev–Trinajstić information content (AvgIpc) is 3.39. The van der Waals surface area contributed by atoms with E-state index in [0.717, 1.165) is 50.8 Å². The minimum Gasteiger partial charge on any atom is -0.496 e. The summed E-state index contributed by atoms with van der Waals surface area (Å²) in [5.74, 6) is 0.949. The largest absolute Gasteiger partial charge is 0.496 e. The summed E-state index contributed by atoms with van der Waals surface area (Å²) in [5.41, 5.74) is 12.7. The number of fused-ring (bicyclic) bond motifs is 1. The number of hydrogen-bond donors (Lipinski definition) is 3. The molecule has 1 aliphatic rings. The Balaban J connectivity index is 0.00000235. The van der Waals surface area contributed by atoms with E-state index in [9.17, 15) is 9.59 Å². The van der Waals surface area contributed by atoms with E-state index in [1.54, 1.807) is 23.9 Å². The van der Waals surface area contributed by atoms with Crippen LogP contribution in [0.25, 0.3) is 0 Å². The molecular weight excluding hydrogens is 637 g/mol. The predicted molar refractivity (Wildman–Crippen MR) is 185 cm³/mol. The third-order valence-electron chi connectivity index (χ3n) is 7.74. The number of pyridine rings is 2. The number of anilines is 2. The first kappa shape index (κ1) is 37.3. The van der Waals surface area contributed by atoms with Crippen molar-refractivity contribution < 1.29 is 9.53 Å². The van der Waals surface area contributed by atoms with Crippen LogP contribution in [0.4, 0.5) is 11.6 Å². The number of rotatable bonds is 9. The molecule has 4 heterocycles. The molecule has 1 aliphatic heterocycles. The smallest absolute Gasteiger partial charge is 0.294 e. The molecule has 5 rings (SSSR count). The summed E-state index contributed by atoms with van der Waals surface area (Å²) >= 11 is 0. The predicted octanol–water partition coefficient (Wildman–Crippen LogP) is 5.17. The van der Waals surface area contributed by atoms with Gasteiger partial charge >= 0.3 is 0 Å². The van der Waals surface area contributed by atoms with E-state index in [4.69, 9.17) is 15.5 Å². The van der Waals surface area contributed by atoms with Crippen molar-refractivity contribution in [1.82, 2.24) is 24.8 Å². The fourth-order valence-corrected chi connectivity index (χ4v) is 5.64. The van der Waals surface area contributed by atoms with Gasteiger partial charge in [0.05, 0.1) is 12.8 Å². The van der Waals surface area contributed by atoms with Gasteiger partial charge < -0.3 is 21.1 Å². The topological polar surface area (TPSA) is 137 Å². The fraction of sp³-hybridized carbons (Fsp3) is 0.344. The van der Waals surface area contributed by atoms with Gasteiger partial charge in [0.15, 0.2) is 5.82 Å². The number of nitrogens with one attached hydrogen (secondary N) is 2. The van der Waals surface area contributed by atoms with Crippen LogP contribution in [0.5, 0.6) is 5.75 Å². The average molecular weight is 677 g/mol. The maximum absolute atomic E-state index is 13.7. The van der Waals surface area contributed by atoms with Gasteiger partial charge in [0.2, 0.25) is 5.91 Å². The molecule has 13 heteroatoms. The van der Waals surface area contributed by atoms with E-state index in [1.165, 1.54) is 0 Å². The van der Waals surface area contributed by atoms with Gasteiger partial charge in [0.1, 0.15) is 17.6 Å². The Hall–Kier alpha value is -3.86. The second-order valence-electron chi connectivity index (χ2n) is 10.9. The molecule has 0 saturated carbocycles. The number of methoxy groups -OCH3 is 1. The molecule has 1 amide bonds. The lowest BCUT2D eigenvalue weighted by atomic mass is 9.92. The lowest BCUT2D eigenvalue weighted by molar-refractivity contribution is -0.124. The molecule has 0 aliphatic carbocycles. The number of carbonyl (C=O) groups excluding carboxylic acids is 1. The molecule has 0 radical (unpaired) electrons. The Kier molecular flexibility index (Phi) is 13.2. The summed E-state index contributed by atoms with van der Waals surface area (Å²) in [5, 5.41) is 6.25. The molecule has 0 fully saturated rings. The number of ether oxygens (including phenoxy) is 1. The zero-order valence-corrected chi connectivity index (χ0v) is 28.4. The van der Waals surface area contributed by atoms with E-state index >= 15 is 0 Å². The number of carbonyl (C=O) groups is 1. The standard InChI is InChI=1S/C32H37N7O3.3ClH/c1-18-6-9-24(28(14-18)42-5)25(26-13-19(2)12-20(3)37-26)17-35-30-32(41)39-23(16-34-30)8-10-27(39)31(40)36-15-22-7-11-29(33)38-21(22)4;;;/h6-7,9,11-14,16,25,27H,8,10,15,17H2,1-5H3,(H2,33,38)(H,34,35)(H,36,40);3*1H/t25-,27-;;;/m0.../s1. The van der Waals surface area contributed by atoms with E-state index in [0.29, 0.717) is 31.7 Å². The van der Waals surface area contributed by atoms with Gasteiger partial charge in [-0.05, 0) is 81.5 Å². The summed E-state index contributed by atoms with van der Waals surface area (Å²) in [6, 6.07) is 13.1. The van der Waals surface area contributed by atoms with Crippen LogP contribution in [0.1, 0.15) is 63.4 Å². The number of benzene rings is 1. The lowest BCUT2D eigenvalue weighted by Crippen LogP contribution is -2.36. The molecule has 10 nitrogen and oxygen atoms in total. The molecule has 1 aromatic carbocycles. The zero-order valence-electron chi connectivity index (χ0n) is 25.9. The van der Waals surface area contributed by atoms with Crippen LogP contribution >= 0.6 is 37.2 Å². The Labute approximate surface area is 281 Å². The van der Waals surface area contributed by atoms with Crippen LogP contribution < -0.4 is 26.7 Å². The number of nitrogen functional groups attached to an aromatic ring is 1. The fourth-order valence-electron chi connectivity index (χ4n) is 5.64. The SMILES string of the molecule is COc1cc(C)ccc1[C@H](CNc1ncc2n(c1=O)[C@H](C(=O)NCc1ccc(N)nc1C)CC2)c1cc(C)cc(C)n1.Cl.Cl.Cl. The van der Waals surface area contributed by atoms with Crippen molar-refractivity contribution in [1.29, 1.82) is 0 Å². The van der Waals surface area contributed by atoms with Gasteiger partial charge in [0.25, 0.3) is 5.56 Å². The second-order valence-corrected chi connectivity index (χ2v) is 10.9. The first-order valence-corrected chi connectivity index (χ1v) is 14.1. The Morgan fingerprint density at radius 2 is 1.80 bits per heavy atom. The van der Waals surface area contributed by atoms with E-state index in [-0.39, 0.29) is 60.4 Å². The summed E-state index contributed by atoms with van der Waals surface area (Å²) in [6.07, 6.45) is 2.81. The van der Waals surface area contributed by atoms with Gasteiger partial charge in [-0.15, -0.1) is 37.2 Å². The van der Waals surface area contributed by atoms with E-state index in [2.05, 4.69) is 26.7 Å². The number of aryl methyl sites for hydroxylation is 5. The van der Waals surface area contributed by atoms with Crippen molar-refractivity contribution in [2.45, 2.75) is 59.0 Å². The van der Waals surface area contributed by atoms with Crippen molar-refractivity contribution in [3.8, 4) is 5.75 Å². The molecule has 45 heavy (non-hydrogen) atoms. The van der Waals surface area contributed by atoms with Gasteiger partial charge in [-0.3, -0.25) is 19.1 Å². The van der Waals surface area contributed by atoms with Gasteiger partial charge in [-0.25, -0.2) is 9.97 Å². The molecular formula is C32H40Cl3N7O3. The van der Waals surface area contributed by atoms with Crippen molar-refractivity contribution in [3.05, 3.63) is 104 Å². The highest BCUT2D eigenvalue weighted by Crippen LogP contribution is 2.33.